The summed E-state index contributed by atoms with van der Waals surface area (Å²) < 4.78 is 5.68. The Morgan fingerprint density at radius 3 is 2.40 bits per heavy atom. The number of hydrogen-bond acceptors (Lipinski definition) is 2. The van der Waals surface area contributed by atoms with Gasteiger partial charge >= 0.3 is 0 Å². The fourth-order valence-corrected chi connectivity index (χ4v) is 2.14. The van der Waals surface area contributed by atoms with Gasteiger partial charge in [-0.1, -0.05) is 19.9 Å². The molecular formula is C17H30NO2+. The summed E-state index contributed by atoms with van der Waals surface area (Å²) in [5.74, 6) is 1.36. The summed E-state index contributed by atoms with van der Waals surface area (Å²) in [6.07, 6.45) is -0.445. The molecule has 3 nitrogen and oxygen atoms in total. The molecule has 0 heterocycles. The number of aliphatic hydroxyl groups is 1. The molecule has 0 amide bonds. The lowest BCUT2D eigenvalue weighted by atomic mass is 9.98. The second-order valence-corrected chi connectivity index (χ2v) is 6.94. The number of aryl methyl sites for hydroxylation is 1. The number of rotatable bonds is 6. The van der Waals surface area contributed by atoms with Gasteiger partial charge in [0.15, 0.2) is 0 Å². The molecule has 1 aromatic carbocycles. The van der Waals surface area contributed by atoms with Crippen molar-refractivity contribution in [3.63, 3.8) is 0 Å². The molecule has 0 radical (unpaired) electrons. The van der Waals surface area contributed by atoms with Crippen molar-refractivity contribution in [1.29, 1.82) is 0 Å². The first kappa shape index (κ1) is 17.0. The molecular weight excluding hydrogens is 250 g/mol. The normalized spacial score (nSPS) is 13.6. The molecule has 20 heavy (non-hydrogen) atoms. The standard InChI is InChI=1S/C17H29NO2/c1-12(2)16-8-7-15(9-13(16)3)20-11-14(19)10-18-17(4,5)6/h7-9,12,14,18-19H,10-11H2,1-6H3/p+1. The molecule has 0 saturated heterocycles. The van der Waals surface area contributed by atoms with Gasteiger partial charge < -0.3 is 15.2 Å². The molecule has 0 aliphatic rings. The van der Waals surface area contributed by atoms with Crippen LogP contribution in [0.2, 0.25) is 0 Å². The Morgan fingerprint density at radius 1 is 1.25 bits per heavy atom. The van der Waals surface area contributed by atoms with E-state index in [9.17, 15) is 5.11 Å². The van der Waals surface area contributed by atoms with Crippen molar-refractivity contribution in [2.24, 2.45) is 0 Å². The predicted octanol–water partition coefficient (Wildman–Crippen LogP) is 2.22. The third-order valence-electron chi connectivity index (χ3n) is 3.31. The van der Waals surface area contributed by atoms with Crippen LogP contribution in [0.1, 0.15) is 51.7 Å². The largest absolute Gasteiger partial charge is 0.491 e. The van der Waals surface area contributed by atoms with Gasteiger partial charge in [-0.05, 0) is 56.9 Å². The van der Waals surface area contributed by atoms with Crippen LogP contribution in [0.4, 0.5) is 0 Å². The van der Waals surface area contributed by atoms with E-state index in [1.165, 1.54) is 11.1 Å². The van der Waals surface area contributed by atoms with Crippen molar-refractivity contribution in [2.75, 3.05) is 13.2 Å². The topological polar surface area (TPSA) is 46.1 Å². The SMILES string of the molecule is Cc1cc(OCC(O)C[NH2+]C(C)(C)C)ccc1C(C)C. The van der Waals surface area contributed by atoms with E-state index < -0.39 is 6.10 Å². The number of quaternary nitrogens is 1. The second-order valence-electron chi connectivity index (χ2n) is 6.94. The lowest BCUT2D eigenvalue weighted by Gasteiger charge is -2.20. The van der Waals surface area contributed by atoms with Crippen molar-refractivity contribution in [3.8, 4) is 5.75 Å². The minimum atomic E-state index is -0.445. The van der Waals surface area contributed by atoms with E-state index in [-0.39, 0.29) is 5.54 Å². The first-order valence-corrected chi connectivity index (χ1v) is 7.45. The van der Waals surface area contributed by atoms with Gasteiger partial charge in [-0.15, -0.1) is 0 Å². The Labute approximate surface area is 123 Å². The summed E-state index contributed by atoms with van der Waals surface area (Å²) in [4.78, 5) is 0. The smallest absolute Gasteiger partial charge is 0.137 e. The molecule has 0 saturated carbocycles. The molecule has 0 fully saturated rings. The Kier molecular flexibility index (Phi) is 6.03. The third kappa shape index (κ3) is 5.93. The maximum atomic E-state index is 9.93. The summed E-state index contributed by atoms with van der Waals surface area (Å²) in [6, 6.07) is 6.15. The summed E-state index contributed by atoms with van der Waals surface area (Å²) in [7, 11) is 0. The third-order valence-corrected chi connectivity index (χ3v) is 3.31. The highest BCUT2D eigenvalue weighted by molar-refractivity contribution is 5.36. The molecule has 114 valence electrons. The fourth-order valence-electron chi connectivity index (χ4n) is 2.14. The maximum Gasteiger partial charge on any atom is 0.137 e. The first-order chi connectivity index (χ1) is 9.19. The van der Waals surface area contributed by atoms with E-state index in [0.717, 1.165) is 5.75 Å². The molecule has 0 aliphatic heterocycles. The monoisotopic (exact) mass is 280 g/mol. The summed E-state index contributed by atoms with van der Waals surface area (Å²) >= 11 is 0. The minimum Gasteiger partial charge on any atom is -0.491 e. The van der Waals surface area contributed by atoms with Crippen molar-refractivity contribution < 1.29 is 15.2 Å². The van der Waals surface area contributed by atoms with Crippen LogP contribution in [0.15, 0.2) is 18.2 Å². The van der Waals surface area contributed by atoms with E-state index in [1.807, 2.05) is 6.07 Å². The molecule has 0 bridgehead atoms. The van der Waals surface area contributed by atoms with Crippen molar-refractivity contribution in [2.45, 2.75) is 59.1 Å². The van der Waals surface area contributed by atoms with Crippen molar-refractivity contribution in [1.82, 2.24) is 0 Å². The summed E-state index contributed by atoms with van der Waals surface area (Å²) in [6.45, 7) is 13.9. The zero-order chi connectivity index (χ0) is 15.3. The van der Waals surface area contributed by atoms with Crippen LogP contribution in [0.25, 0.3) is 0 Å². The maximum absolute atomic E-state index is 9.93. The fraction of sp³-hybridized carbons (Fsp3) is 0.647. The molecule has 0 aromatic heterocycles. The van der Waals surface area contributed by atoms with E-state index in [0.29, 0.717) is 19.1 Å². The predicted molar refractivity (Wildman–Crippen MR) is 83.3 cm³/mol. The average Bonchev–Trinajstić information content (AvgIpc) is 2.32. The van der Waals surface area contributed by atoms with Gasteiger partial charge in [0, 0.05) is 0 Å². The molecule has 3 N–H and O–H groups in total. The number of benzene rings is 1. The quantitative estimate of drug-likeness (QED) is 0.839. The van der Waals surface area contributed by atoms with Gasteiger partial charge in [0.1, 0.15) is 25.0 Å². The van der Waals surface area contributed by atoms with Crippen LogP contribution < -0.4 is 10.1 Å². The van der Waals surface area contributed by atoms with Crippen LogP contribution >= 0.6 is 0 Å². The number of aliphatic hydroxyl groups excluding tert-OH is 1. The van der Waals surface area contributed by atoms with Gasteiger partial charge in [-0.25, -0.2) is 0 Å². The van der Waals surface area contributed by atoms with E-state index in [4.69, 9.17) is 4.74 Å². The van der Waals surface area contributed by atoms with Crippen LogP contribution in [0.5, 0.6) is 5.75 Å². The zero-order valence-corrected chi connectivity index (χ0v) is 13.7. The Bertz CT molecular complexity index is 421. The number of ether oxygens (including phenoxy) is 1. The van der Waals surface area contributed by atoms with Crippen LogP contribution in [-0.2, 0) is 0 Å². The number of nitrogens with two attached hydrogens (primary N) is 1. The van der Waals surface area contributed by atoms with Crippen molar-refractivity contribution >= 4 is 0 Å². The van der Waals surface area contributed by atoms with E-state index in [2.05, 4.69) is 59.0 Å². The Balaban J connectivity index is 2.48. The van der Waals surface area contributed by atoms with Gasteiger partial charge in [-0.3, -0.25) is 0 Å². The first-order valence-electron chi connectivity index (χ1n) is 7.45. The molecule has 3 heteroatoms. The zero-order valence-electron chi connectivity index (χ0n) is 13.7. The van der Waals surface area contributed by atoms with E-state index in [1.54, 1.807) is 0 Å². The Hall–Kier alpha value is -1.06. The van der Waals surface area contributed by atoms with Gasteiger partial charge in [-0.2, -0.15) is 0 Å². The van der Waals surface area contributed by atoms with Crippen LogP contribution in [0.3, 0.4) is 0 Å². The highest BCUT2D eigenvalue weighted by Crippen LogP contribution is 2.23. The van der Waals surface area contributed by atoms with Gasteiger partial charge in [0.25, 0.3) is 0 Å². The molecule has 1 aromatic rings. The van der Waals surface area contributed by atoms with Crippen LogP contribution in [-0.4, -0.2) is 29.9 Å². The number of hydrogen-bond donors (Lipinski definition) is 2. The van der Waals surface area contributed by atoms with Gasteiger partial charge in [0.2, 0.25) is 0 Å². The van der Waals surface area contributed by atoms with Crippen molar-refractivity contribution in [3.05, 3.63) is 29.3 Å². The van der Waals surface area contributed by atoms with Crippen LogP contribution in [0, 0.1) is 6.92 Å². The van der Waals surface area contributed by atoms with Gasteiger partial charge in [0.05, 0.1) is 5.54 Å². The lowest BCUT2D eigenvalue weighted by Crippen LogP contribution is -2.96. The highest BCUT2D eigenvalue weighted by atomic mass is 16.5. The second kappa shape index (κ2) is 7.09. The average molecular weight is 280 g/mol. The lowest BCUT2D eigenvalue weighted by molar-refractivity contribution is -0.722. The summed E-state index contributed by atoms with van der Waals surface area (Å²) in [5.41, 5.74) is 2.73. The molecule has 0 aliphatic carbocycles. The molecule has 1 atom stereocenters. The van der Waals surface area contributed by atoms with E-state index >= 15 is 0 Å². The Morgan fingerprint density at radius 2 is 1.90 bits per heavy atom. The minimum absolute atomic E-state index is 0.135. The summed E-state index contributed by atoms with van der Waals surface area (Å²) in [5, 5.41) is 12.1. The molecule has 1 rings (SSSR count). The molecule has 0 spiro atoms. The highest BCUT2D eigenvalue weighted by Gasteiger charge is 2.16. The molecule has 1 unspecified atom stereocenters.